The van der Waals surface area contributed by atoms with Gasteiger partial charge >= 0.3 is 0 Å². The van der Waals surface area contributed by atoms with Crippen molar-refractivity contribution in [2.75, 3.05) is 11.9 Å². The topological polar surface area (TPSA) is 68.1 Å². The van der Waals surface area contributed by atoms with Gasteiger partial charge in [-0.05, 0) is 30.7 Å². The van der Waals surface area contributed by atoms with Crippen LogP contribution in [0, 0.1) is 10.1 Å². The number of thiazole rings is 1. The van der Waals surface area contributed by atoms with Gasteiger partial charge in [0.1, 0.15) is 10.7 Å². The molecule has 0 bridgehead atoms. The van der Waals surface area contributed by atoms with Crippen LogP contribution in [0.4, 0.5) is 11.4 Å². The van der Waals surface area contributed by atoms with Crippen molar-refractivity contribution in [1.29, 1.82) is 0 Å². The van der Waals surface area contributed by atoms with Crippen LogP contribution in [0.5, 0.6) is 0 Å². The zero-order chi connectivity index (χ0) is 17.6. The van der Waals surface area contributed by atoms with Crippen molar-refractivity contribution in [1.82, 2.24) is 4.98 Å². The molecular weight excluding hydrogens is 334 g/mol. The Balaban J connectivity index is 1.82. The largest absolute Gasteiger partial charge is 0.379 e. The maximum Gasteiger partial charge on any atom is 0.293 e. The molecule has 6 heteroatoms. The minimum absolute atomic E-state index is 0.104. The van der Waals surface area contributed by atoms with Crippen molar-refractivity contribution < 1.29 is 4.92 Å². The zero-order valence-corrected chi connectivity index (χ0v) is 15.0. The van der Waals surface area contributed by atoms with E-state index in [1.807, 2.05) is 30.3 Å². The first-order valence-corrected chi connectivity index (χ1v) is 9.39. The Labute approximate surface area is 150 Å². The third-order valence-electron chi connectivity index (χ3n) is 4.08. The molecule has 0 fully saturated rings. The summed E-state index contributed by atoms with van der Waals surface area (Å²) < 4.78 is 1.08. The standard InChI is InChI=1S/C19H21N3O2S/c1-2-3-4-7-12-20-15-11-10-14(13-17(15)22(23)24)19-21-16-8-5-6-9-18(16)25-19/h5-6,8-11,13,20H,2-4,7,12H2,1H3. The second kappa shape index (κ2) is 8.07. The average Bonchev–Trinajstić information content (AvgIpc) is 3.05. The Kier molecular flexibility index (Phi) is 5.60. The second-order valence-corrected chi connectivity index (χ2v) is 6.99. The summed E-state index contributed by atoms with van der Waals surface area (Å²) >= 11 is 1.55. The van der Waals surface area contributed by atoms with Gasteiger partial charge in [-0.25, -0.2) is 4.98 Å². The van der Waals surface area contributed by atoms with E-state index in [4.69, 9.17) is 0 Å². The fraction of sp³-hybridized carbons (Fsp3) is 0.316. The number of unbranched alkanes of at least 4 members (excludes halogenated alkanes) is 3. The van der Waals surface area contributed by atoms with Gasteiger partial charge in [0.15, 0.2) is 0 Å². The first-order chi connectivity index (χ1) is 12.2. The molecule has 1 aromatic heterocycles. The van der Waals surface area contributed by atoms with Crippen LogP contribution in [0.1, 0.15) is 32.6 Å². The zero-order valence-electron chi connectivity index (χ0n) is 14.2. The molecule has 3 rings (SSSR count). The third kappa shape index (κ3) is 4.14. The van der Waals surface area contributed by atoms with Crippen LogP contribution in [0.25, 0.3) is 20.8 Å². The fourth-order valence-electron chi connectivity index (χ4n) is 2.74. The molecule has 0 aliphatic rings. The lowest BCUT2D eigenvalue weighted by molar-refractivity contribution is -0.383. The Morgan fingerprint density at radius 1 is 1.16 bits per heavy atom. The summed E-state index contributed by atoms with van der Waals surface area (Å²) in [5, 5.41) is 15.5. The van der Waals surface area contributed by atoms with E-state index in [9.17, 15) is 10.1 Å². The van der Waals surface area contributed by atoms with Gasteiger partial charge in [0.05, 0.1) is 15.1 Å². The number of fused-ring (bicyclic) bond motifs is 1. The number of nitrogens with one attached hydrogen (secondary N) is 1. The average molecular weight is 355 g/mol. The van der Waals surface area contributed by atoms with E-state index in [-0.39, 0.29) is 10.6 Å². The minimum atomic E-state index is -0.328. The number of benzene rings is 2. The summed E-state index contributed by atoms with van der Waals surface area (Å²) in [7, 11) is 0. The molecule has 0 unspecified atom stereocenters. The van der Waals surface area contributed by atoms with Gasteiger partial charge in [0, 0.05) is 18.2 Å². The van der Waals surface area contributed by atoms with Crippen molar-refractivity contribution >= 4 is 32.9 Å². The molecule has 25 heavy (non-hydrogen) atoms. The SMILES string of the molecule is CCCCCCNc1ccc(-c2nc3ccccc3s2)cc1[N+](=O)[O-]. The molecule has 5 nitrogen and oxygen atoms in total. The smallest absolute Gasteiger partial charge is 0.293 e. The maximum atomic E-state index is 11.5. The van der Waals surface area contributed by atoms with Crippen LogP contribution in [-0.2, 0) is 0 Å². The number of para-hydroxylation sites is 1. The Morgan fingerprint density at radius 2 is 2.00 bits per heavy atom. The number of nitro groups is 1. The van der Waals surface area contributed by atoms with E-state index in [1.54, 1.807) is 23.5 Å². The van der Waals surface area contributed by atoms with Gasteiger partial charge < -0.3 is 5.32 Å². The lowest BCUT2D eigenvalue weighted by Gasteiger charge is -2.08. The lowest BCUT2D eigenvalue weighted by Crippen LogP contribution is -2.04. The van der Waals surface area contributed by atoms with Gasteiger partial charge in [-0.3, -0.25) is 10.1 Å². The minimum Gasteiger partial charge on any atom is -0.379 e. The summed E-state index contributed by atoms with van der Waals surface area (Å²) in [6, 6.07) is 13.2. The molecule has 0 atom stereocenters. The van der Waals surface area contributed by atoms with Crippen molar-refractivity contribution in [2.24, 2.45) is 0 Å². The lowest BCUT2D eigenvalue weighted by atomic mass is 10.1. The summed E-state index contributed by atoms with van der Waals surface area (Å²) in [6.07, 6.45) is 4.53. The van der Waals surface area contributed by atoms with Crippen LogP contribution in [0.2, 0.25) is 0 Å². The Bertz CT molecular complexity index is 843. The van der Waals surface area contributed by atoms with E-state index in [0.29, 0.717) is 5.69 Å². The number of aromatic nitrogens is 1. The van der Waals surface area contributed by atoms with Crippen LogP contribution in [-0.4, -0.2) is 16.5 Å². The van der Waals surface area contributed by atoms with Gasteiger partial charge in [-0.15, -0.1) is 11.3 Å². The van der Waals surface area contributed by atoms with Crippen molar-refractivity contribution in [3.8, 4) is 10.6 Å². The van der Waals surface area contributed by atoms with E-state index in [1.165, 1.54) is 12.8 Å². The molecule has 0 saturated carbocycles. The van der Waals surface area contributed by atoms with E-state index >= 15 is 0 Å². The first kappa shape index (κ1) is 17.4. The monoisotopic (exact) mass is 355 g/mol. The van der Waals surface area contributed by atoms with Gasteiger partial charge in [0.25, 0.3) is 5.69 Å². The van der Waals surface area contributed by atoms with Crippen molar-refractivity contribution in [3.63, 3.8) is 0 Å². The summed E-state index contributed by atoms with van der Waals surface area (Å²) in [5.41, 5.74) is 2.38. The molecule has 0 spiro atoms. The van der Waals surface area contributed by atoms with Crippen molar-refractivity contribution in [2.45, 2.75) is 32.6 Å². The highest BCUT2D eigenvalue weighted by Gasteiger charge is 2.16. The quantitative estimate of drug-likeness (QED) is 0.312. The highest BCUT2D eigenvalue weighted by atomic mass is 32.1. The van der Waals surface area contributed by atoms with Crippen LogP contribution in [0.15, 0.2) is 42.5 Å². The third-order valence-corrected chi connectivity index (χ3v) is 5.17. The molecule has 0 radical (unpaired) electrons. The van der Waals surface area contributed by atoms with Gasteiger partial charge in [0.2, 0.25) is 0 Å². The summed E-state index contributed by atoms with van der Waals surface area (Å²) in [6.45, 7) is 2.92. The molecule has 130 valence electrons. The van der Waals surface area contributed by atoms with E-state index in [2.05, 4.69) is 17.2 Å². The first-order valence-electron chi connectivity index (χ1n) is 8.57. The van der Waals surface area contributed by atoms with E-state index < -0.39 is 0 Å². The van der Waals surface area contributed by atoms with Gasteiger partial charge in [-0.2, -0.15) is 0 Å². The number of hydrogen-bond donors (Lipinski definition) is 1. The number of nitro benzene ring substituents is 1. The molecule has 0 saturated heterocycles. The molecule has 0 amide bonds. The Hall–Kier alpha value is -2.47. The summed E-state index contributed by atoms with van der Waals surface area (Å²) in [5.74, 6) is 0. The molecular formula is C19H21N3O2S. The molecule has 2 aromatic carbocycles. The maximum absolute atomic E-state index is 11.5. The van der Waals surface area contributed by atoms with Gasteiger partial charge in [-0.1, -0.05) is 38.3 Å². The van der Waals surface area contributed by atoms with E-state index in [0.717, 1.165) is 40.2 Å². The van der Waals surface area contributed by atoms with Crippen LogP contribution in [0.3, 0.4) is 0 Å². The highest BCUT2D eigenvalue weighted by Crippen LogP contribution is 2.34. The van der Waals surface area contributed by atoms with Crippen LogP contribution >= 0.6 is 11.3 Å². The fourth-order valence-corrected chi connectivity index (χ4v) is 3.70. The molecule has 0 aliphatic carbocycles. The Morgan fingerprint density at radius 3 is 2.76 bits per heavy atom. The molecule has 1 N–H and O–H groups in total. The predicted octanol–water partition coefficient (Wildman–Crippen LogP) is 5.86. The normalized spacial score (nSPS) is 10.9. The molecule has 1 heterocycles. The van der Waals surface area contributed by atoms with Crippen molar-refractivity contribution in [3.05, 3.63) is 52.6 Å². The second-order valence-electron chi connectivity index (χ2n) is 5.96. The summed E-state index contributed by atoms with van der Waals surface area (Å²) in [4.78, 5) is 15.7. The number of hydrogen-bond acceptors (Lipinski definition) is 5. The number of nitrogens with zero attached hydrogens (tertiary/aromatic N) is 2. The molecule has 3 aromatic rings. The molecule has 0 aliphatic heterocycles. The number of rotatable bonds is 8. The highest BCUT2D eigenvalue weighted by molar-refractivity contribution is 7.21. The predicted molar refractivity (Wildman–Crippen MR) is 104 cm³/mol. The van der Waals surface area contributed by atoms with Crippen LogP contribution < -0.4 is 5.32 Å². The number of anilines is 1.